The Morgan fingerprint density at radius 2 is 1.77 bits per heavy atom. The summed E-state index contributed by atoms with van der Waals surface area (Å²) in [6.45, 7) is 1.35. The Hall–Kier alpha value is -3.29. The molecule has 0 N–H and O–H groups in total. The lowest BCUT2D eigenvalue weighted by Crippen LogP contribution is -2.29. The van der Waals surface area contributed by atoms with Crippen LogP contribution in [-0.4, -0.2) is 5.97 Å². The maximum atomic E-state index is 11.7. The zero-order valence-electron chi connectivity index (χ0n) is 16.5. The third-order valence-corrected chi connectivity index (χ3v) is 5.49. The van der Waals surface area contributed by atoms with Crippen molar-refractivity contribution >= 4 is 17.6 Å². The Balaban J connectivity index is 1.84. The summed E-state index contributed by atoms with van der Waals surface area (Å²) in [5.74, 6) is 1.36. The highest BCUT2D eigenvalue weighted by atomic mass is 35.5. The van der Waals surface area contributed by atoms with E-state index in [9.17, 15) is 10.1 Å². The number of ether oxygens (including phenoxy) is 2. The summed E-state index contributed by atoms with van der Waals surface area (Å²) in [5.41, 5.74) is 0.398. The predicted molar refractivity (Wildman–Crippen MR) is 115 cm³/mol. The molecule has 1 fully saturated rings. The number of nitriles is 1. The zero-order chi connectivity index (χ0) is 21.1. The van der Waals surface area contributed by atoms with Gasteiger partial charge in [-0.25, -0.2) is 0 Å². The van der Waals surface area contributed by atoms with Crippen LogP contribution in [-0.2, 0) is 10.2 Å². The number of carbonyl (C=O) groups excluding carboxylic acids is 1. The van der Waals surface area contributed by atoms with Gasteiger partial charge in [0, 0.05) is 17.5 Å². The summed E-state index contributed by atoms with van der Waals surface area (Å²) < 4.78 is 11.4. The van der Waals surface area contributed by atoms with Crippen molar-refractivity contribution < 1.29 is 14.3 Å². The number of carbonyl (C=O) groups is 1. The summed E-state index contributed by atoms with van der Waals surface area (Å²) in [5, 5.41) is 10.9. The average Bonchev–Trinajstić information content (AvgIpc) is 3.57. The monoisotopic (exact) mass is 417 g/mol. The van der Waals surface area contributed by atoms with Crippen molar-refractivity contribution in [2.24, 2.45) is 5.92 Å². The Kier molecular flexibility index (Phi) is 5.48. The lowest BCUT2D eigenvalue weighted by atomic mass is 9.71. The molecule has 5 heteroatoms. The van der Waals surface area contributed by atoms with Crippen molar-refractivity contribution in [1.82, 2.24) is 0 Å². The van der Waals surface area contributed by atoms with Crippen molar-refractivity contribution in [3.05, 3.63) is 88.9 Å². The summed E-state index contributed by atoms with van der Waals surface area (Å²) in [7, 11) is 0. The standard InChI is InChI=1S/C25H20ClNO3/c1-17(28)29-24-13-12-20(26)15-23(24)25(16-27,18-10-11-18)19-6-5-9-22(14-19)30-21-7-3-2-4-8-21/h2-9,12-15,18H,10-11H2,1H3. The third-order valence-electron chi connectivity index (χ3n) is 5.25. The maximum Gasteiger partial charge on any atom is 0.308 e. The quantitative estimate of drug-likeness (QED) is 0.350. The van der Waals surface area contributed by atoms with Crippen LogP contribution < -0.4 is 9.47 Å². The Bertz CT molecular complexity index is 1120. The first kappa shape index (κ1) is 20.0. The van der Waals surface area contributed by atoms with Gasteiger partial charge in [0.15, 0.2) is 0 Å². The van der Waals surface area contributed by atoms with Crippen LogP contribution in [0.5, 0.6) is 17.2 Å². The first-order valence-corrected chi connectivity index (χ1v) is 10.1. The van der Waals surface area contributed by atoms with E-state index in [1.165, 1.54) is 6.92 Å². The van der Waals surface area contributed by atoms with Gasteiger partial charge >= 0.3 is 5.97 Å². The van der Waals surface area contributed by atoms with Gasteiger partial charge in [-0.2, -0.15) is 5.26 Å². The number of hydrogen-bond acceptors (Lipinski definition) is 4. The van der Waals surface area contributed by atoms with Crippen LogP contribution in [0.4, 0.5) is 0 Å². The molecule has 1 aliphatic rings. The second kappa shape index (κ2) is 8.22. The van der Waals surface area contributed by atoms with Crippen molar-refractivity contribution in [1.29, 1.82) is 5.26 Å². The molecule has 4 nitrogen and oxygen atoms in total. The van der Waals surface area contributed by atoms with Crippen LogP contribution in [0.2, 0.25) is 5.02 Å². The van der Waals surface area contributed by atoms with E-state index in [1.807, 2.05) is 54.6 Å². The van der Waals surface area contributed by atoms with Crippen molar-refractivity contribution in [3.8, 4) is 23.3 Å². The number of esters is 1. The third kappa shape index (κ3) is 3.90. The SMILES string of the molecule is CC(=O)Oc1ccc(Cl)cc1C(C#N)(c1cccc(Oc2ccccc2)c1)C1CC1. The maximum absolute atomic E-state index is 11.7. The molecule has 0 aliphatic heterocycles. The minimum absolute atomic E-state index is 0.0993. The molecule has 0 heterocycles. The molecule has 0 spiro atoms. The second-order valence-electron chi connectivity index (χ2n) is 7.37. The molecule has 1 aliphatic carbocycles. The molecule has 0 saturated heterocycles. The molecule has 3 aromatic rings. The van der Waals surface area contributed by atoms with Crippen LogP contribution in [0.25, 0.3) is 0 Å². The van der Waals surface area contributed by atoms with Gasteiger partial charge in [0.05, 0.1) is 6.07 Å². The molecule has 0 amide bonds. The summed E-state index contributed by atoms with van der Waals surface area (Å²) >= 11 is 6.29. The number of hydrogen-bond donors (Lipinski definition) is 0. The zero-order valence-corrected chi connectivity index (χ0v) is 17.2. The minimum Gasteiger partial charge on any atom is -0.457 e. The fourth-order valence-corrected chi connectivity index (χ4v) is 4.00. The molecule has 0 aromatic heterocycles. The molecule has 4 rings (SSSR count). The fourth-order valence-electron chi connectivity index (χ4n) is 3.83. The molecule has 1 atom stereocenters. The molecule has 3 aromatic carbocycles. The van der Waals surface area contributed by atoms with E-state index in [-0.39, 0.29) is 5.92 Å². The van der Waals surface area contributed by atoms with E-state index < -0.39 is 11.4 Å². The fraction of sp³-hybridized carbons (Fsp3) is 0.200. The molecule has 150 valence electrons. The van der Waals surface area contributed by atoms with E-state index >= 15 is 0 Å². The smallest absolute Gasteiger partial charge is 0.308 e. The molecule has 30 heavy (non-hydrogen) atoms. The first-order valence-electron chi connectivity index (χ1n) is 9.76. The molecule has 0 bridgehead atoms. The van der Waals surface area contributed by atoms with Crippen LogP contribution in [0.15, 0.2) is 72.8 Å². The average molecular weight is 418 g/mol. The van der Waals surface area contributed by atoms with Crippen LogP contribution in [0.3, 0.4) is 0 Å². The van der Waals surface area contributed by atoms with Gasteiger partial charge in [0.25, 0.3) is 0 Å². The Morgan fingerprint density at radius 1 is 1.03 bits per heavy atom. The molecule has 1 unspecified atom stereocenters. The molecular weight excluding hydrogens is 398 g/mol. The molecular formula is C25H20ClNO3. The lowest BCUT2D eigenvalue weighted by Gasteiger charge is -2.30. The van der Waals surface area contributed by atoms with Gasteiger partial charge in [-0.15, -0.1) is 0 Å². The van der Waals surface area contributed by atoms with E-state index in [4.69, 9.17) is 21.1 Å². The highest BCUT2D eigenvalue weighted by Crippen LogP contribution is 2.54. The van der Waals surface area contributed by atoms with Gasteiger partial charge in [-0.3, -0.25) is 4.79 Å². The van der Waals surface area contributed by atoms with E-state index in [0.29, 0.717) is 27.8 Å². The summed E-state index contributed by atoms with van der Waals surface area (Å²) in [4.78, 5) is 11.7. The normalized spacial score (nSPS) is 15.0. The van der Waals surface area contributed by atoms with Gasteiger partial charge in [0.1, 0.15) is 22.7 Å². The second-order valence-corrected chi connectivity index (χ2v) is 7.81. The number of para-hydroxylation sites is 1. The van der Waals surface area contributed by atoms with Crippen molar-refractivity contribution in [3.63, 3.8) is 0 Å². The number of rotatable bonds is 6. The van der Waals surface area contributed by atoms with Crippen LogP contribution in [0, 0.1) is 17.2 Å². The number of halogens is 1. The highest BCUT2D eigenvalue weighted by Gasteiger charge is 2.50. The molecule has 1 saturated carbocycles. The molecule has 0 radical (unpaired) electrons. The van der Waals surface area contributed by atoms with Gasteiger partial charge in [-0.05, 0) is 66.8 Å². The predicted octanol–water partition coefficient (Wildman–Crippen LogP) is 6.28. The topological polar surface area (TPSA) is 59.3 Å². The van der Waals surface area contributed by atoms with Gasteiger partial charge < -0.3 is 9.47 Å². The highest BCUT2D eigenvalue weighted by molar-refractivity contribution is 6.30. The lowest BCUT2D eigenvalue weighted by molar-refractivity contribution is -0.131. The van der Waals surface area contributed by atoms with Gasteiger partial charge in [-0.1, -0.05) is 41.9 Å². The largest absolute Gasteiger partial charge is 0.457 e. The first-order chi connectivity index (χ1) is 14.5. The van der Waals surface area contributed by atoms with Crippen LogP contribution >= 0.6 is 11.6 Å². The van der Waals surface area contributed by atoms with E-state index in [0.717, 1.165) is 18.4 Å². The summed E-state index contributed by atoms with van der Waals surface area (Å²) in [6.07, 6.45) is 1.81. The van der Waals surface area contributed by atoms with E-state index in [2.05, 4.69) is 6.07 Å². The summed E-state index contributed by atoms with van der Waals surface area (Å²) in [6, 6.07) is 24.6. The van der Waals surface area contributed by atoms with Crippen molar-refractivity contribution in [2.45, 2.75) is 25.2 Å². The Morgan fingerprint density at radius 3 is 2.43 bits per heavy atom. The Labute approximate surface area is 180 Å². The number of benzene rings is 3. The van der Waals surface area contributed by atoms with E-state index in [1.54, 1.807) is 18.2 Å². The van der Waals surface area contributed by atoms with Gasteiger partial charge in [0.2, 0.25) is 0 Å². The number of nitrogens with zero attached hydrogens (tertiary/aromatic N) is 1. The van der Waals surface area contributed by atoms with Crippen molar-refractivity contribution in [2.75, 3.05) is 0 Å². The van der Waals surface area contributed by atoms with Crippen LogP contribution in [0.1, 0.15) is 30.9 Å². The minimum atomic E-state index is -0.994.